The van der Waals surface area contributed by atoms with Crippen molar-refractivity contribution in [2.75, 3.05) is 12.3 Å². The third-order valence-electron chi connectivity index (χ3n) is 1.80. The van der Waals surface area contributed by atoms with E-state index in [1.54, 1.807) is 25.1 Å². The lowest BCUT2D eigenvalue weighted by Crippen LogP contribution is -2.52. The molecule has 0 aliphatic heterocycles. The highest BCUT2D eigenvalue weighted by Gasteiger charge is 2.00. The lowest BCUT2D eigenvalue weighted by atomic mass is 10.2. The van der Waals surface area contributed by atoms with E-state index in [-0.39, 0.29) is 5.75 Å². The standard InChI is InChI=1S/C9H12ClN2O2S/c1-7-6-8(10)2-3-9(7)12-15(13,14)5-4-11/h2-3,6H,4-5,11H2,1H3/q-1/p+1. The Balaban J connectivity index is 2.90. The third-order valence-corrected chi connectivity index (χ3v) is 3.31. The Morgan fingerprint density at radius 3 is 2.67 bits per heavy atom. The summed E-state index contributed by atoms with van der Waals surface area (Å²) in [6, 6.07) is 4.89. The minimum Gasteiger partial charge on any atom is -0.576 e. The molecule has 1 rings (SSSR count). The monoisotopic (exact) mass is 248 g/mol. The second kappa shape index (κ2) is 4.83. The van der Waals surface area contributed by atoms with Crippen molar-refractivity contribution in [3.05, 3.63) is 33.5 Å². The van der Waals surface area contributed by atoms with Crippen LogP contribution in [0.5, 0.6) is 0 Å². The van der Waals surface area contributed by atoms with Crippen LogP contribution < -0.4 is 5.73 Å². The number of hydrogen-bond donors (Lipinski definition) is 1. The summed E-state index contributed by atoms with van der Waals surface area (Å²) in [6.45, 7) is 2.09. The van der Waals surface area contributed by atoms with Crippen LogP contribution in [0.25, 0.3) is 4.72 Å². The Kier molecular flexibility index (Phi) is 3.96. The number of sulfonamides is 1. The van der Waals surface area contributed by atoms with Gasteiger partial charge in [-0.2, -0.15) is 0 Å². The molecule has 0 unspecified atom stereocenters. The zero-order valence-corrected chi connectivity index (χ0v) is 9.98. The highest BCUT2D eigenvalue weighted by molar-refractivity contribution is 7.94. The fourth-order valence-corrected chi connectivity index (χ4v) is 2.29. The molecule has 15 heavy (non-hydrogen) atoms. The average molecular weight is 249 g/mol. The van der Waals surface area contributed by atoms with E-state index < -0.39 is 10.0 Å². The zero-order valence-electron chi connectivity index (χ0n) is 8.40. The molecule has 0 aliphatic rings. The maximum atomic E-state index is 11.4. The molecule has 1 aromatic rings. The summed E-state index contributed by atoms with van der Waals surface area (Å²) in [5.41, 5.74) is 4.67. The Morgan fingerprint density at radius 1 is 1.47 bits per heavy atom. The molecule has 0 heterocycles. The van der Waals surface area contributed by atoms with Crippen molar-refractivity contribution in [3.8, 4) is 0 Å². The van der Waals surface area contributed by atoms with E-state index >= 15 is 0 Å². The number of nitrogens with zero attached hydrogens (tertiary/aromatic N) is 1. The van der Waals surface area contributed by atoms with Crippen molar-refractivity contribution in [2.45, 2.75) is 6.92 Å². The summed E-state index contributed by atoms with van der Waals surface area (Å²) in [5.74, 6) is -0.0327. The smallest absolute Gasteiger partial charge is 0.0993 e. The van der Waals surface area contributed by atoms with Crippen LogP contribution in [0.4, 0.5) is 5.69 Å². The third kappa shape index (κ3) is 3.70. The fourth-order valence-electron chi connectivity index (χ4n) is 1.10. The number of rotatable bonds is 4. The lowest BCUT2D eigenvalue weighted by molar-refractivity contribution is -0.360. The molecule has 3 N–H and O–H groups in total. The molecule has 84 valence electrons. The van der Waals surface area contributed by atoms with Gasteiger partial charge >= 0.3 is 0 Å². The van der Waals surface area contributed by atoms with Crippen LogP contribution in [-0.2, 0) is 10.0 Å². The second-order valence-corrected chi connectivity index (χ2v) is 5.35. The van der Waals surface area contributed by atoms with Crippen molar-refractivity contribution in [1.29, 1.82) is 0 Å². The predicted molar refractivity (Wildman–Crippen MR) is 60.7 cm³/mol. The van der Waals surface area contributed by atoms with Gasteiger partial charge in [0, 0.05) is 5.02 Å². The van der Waals surface area contributed by atoms with E-state index in [0.717, 1.165) is 5.56 Å². The maximum absolute atomic E-state index is 11.4. The first-order valence-corrected chi connectivity index (χ1v) is 6.44. The van der Waals surface area contributed by atoms with Crippen molar-refractivity contribution in [2.24, 2.45) is 0 Å². The lowest BCUT2D eigenvalue weighted by Gasteiger charge is -2.23. The number of aryl methyl sites for hydroxylation is 1. The van der Waals surface area contributed by atoms with Crippen LogP contribution in [0.1, 0.15) is 5.56 Å². The Labute approximate surface area is 94.5 Å². The molecule has 0 aromatic heterocycles. The first-order valence-electron chi connectivity index (χ1n) is 4.46. The van der Waals surface area contributed by atoms with Crippen LogP contribution in [0.15, 0.2) is 18.2 Å². The largest absolute Gasteiger partial charge is 0.576 e. The van der Waals surface area contributed by atoms with E-state index in [4.69, 9.17) is 11.6 Å². The van der Waals surface area contributed by atoms with Gasteiger partial charge in [-0.3, -0.25) is 0 Å². The van der Waals surface area contributed by atoms with E-state index in [1.807, 2.05) is 0 Å². The van der Waals surface area contributed by atoms with E-state index in [1.165, 1.54) is 0 Å². The topological polar surface area (TPSA) is 75.9 Å². The molecule has 0 amide bonds. The Bertz CT molecular complexity index is 445. The molecule has 0 saturated carbocycles. The summed E-state index contributed by atoms with van der Waals surface area (Å²) in [6.07, 6.45) is 0. The van der Waals surface area contributed by atoms with Gasteiger partial charge in [0.05, 0.1) is 22.3 Å². The normalized spacial score (nSPS) is 11.4. The zero-order chi connectivity index (χ0) is 11.5. The molecule has 4 nitrogen and oxygen atoms in total. The highest BCUT2D eigenvalue weighted by Crippen LogP contribution is 2.28. The van der Waals surface area contributed by atoms with Crippen LogP contribution in [0.2, 0.25) is 5.02 Å². The summed E-state index contributed by atoms with van der Waals surface area (Å²) < 4.78 is 26.5. The van der Waals surface area contributed by atoms with Gasteiger partial charge in [-0.25, -0.2) is 8.42 Å². The van der Waals surface area contributed by atoms with Crippen molar-refractivity contribution >= 4 is 27.3 Å². The summed E-state index contributed by atoms with van der Waals surface area (Å²) in [4.78, 5) is 0. The van der Waals surface area contributed by atoms with Crippen LogP contribution in [0.3, 0.4) is 0 Å². The summed E-state index contributed by atoms with van der Waals surface area (Å²) in [7, 11) is -3.40. The molecule has 6 heteroatoms. The SMILES string of the molecule is Cc1cc(Cl)ccc1[N-]S(=O)(=O)CC[NH3+]. The number of hydrogen-bond acceptors (Lipinski definition) is 2. The van der Waals surface area contributed by atoms with Gasteiger partial charge in [0.2, 0.25) is 0 Å². The number of quaternary nitrogens is 1. The number of benzene rings is 1. The number of halogens is 1. The molecular formula is C9H13ClN2O2S. The Hall–Kier alpha value is -0.780. The first-order chi connectivity index (χ1) is 6.94. The van der Waals surface area contributed by atoms with Crippen molar-refractivity contribution in [1.82, 2.24) is 0 Å². The highest BCUT2D eigenvalue weighted by atomic mass is 35.5. The molecule has 1 aromatic carbocycles. The molecule has 0 spiro atoms. The molecule has 0 fully saturated rings. The maximum Gasteiger partial charge on any atom is 0.0993 e. The van der Waals surface area contributed by atoms with Crippen molar-refractivity contribution < 1.29 is 14.2 Å². The quantitative estimate of drug-likeness (QED) is 0.870. The van der Waals surface area contributed by atoms with Crippen molar-refractivity contribution in [3.63, 3.8) is 0 Å². The first kappa shape index (κ1) is 12.3. The van der Waals surface area contributed by atoms with Gasteiger partial charge in [0.15, 0.2) is 0 Å². The van der Waals surface area contributed by atoms with E-state index in [9.17, 15) is 8.42 Å². The van der Waals surface area contributed by atoms with Gasteiger partial charge in [0.1, 0.15) is 0 Å². The van der Waals surface area contributed by atoms with E-state index in [0.29, 0.717) is 17.3 Å². The molecule has 0 saturated heterocycles. The molecule has 0 aliphatic carbocycles. The minimum atomic E-state index is -3.40. The molecule has 0 atom stereocenters. The van der Waals surface area contributed by atoms with Gasteiger partial charge in [-0.1, -0.05) is 23.2 Å². The van der Waals surface area contributed by atoms with Crippen LogP contribution >= 0.6 is 11.6 Å². The van der Waals surface area contributed by atoms with E-state index in [2.05, 4.69) is 10.5 Å². The van der Waals surface area contributed by atoms with Gasteiger partial charge in [-0.15, -0.1) is 5.69 Å². The second-order valence-electron chi connectivity index (χ2n) is 3.16. The van der Waals surface area contributed by atoms with Crippen LogP contribution in [-0.4, -0.2) is 20.7 Å². The molecule has 0 radical (unpaired) electrons. The summed E-state index contributed by atoms with van der Waals surface area (Å²) >= 11 is 5.75. The minimum absolute atomic E-state index is 0.0327. The Morgan fingerprint density at radius 2 is 2.13 bits per heavy atom. The van der Waals surface area contributed by atoms with Gasteiger partial charge < -0.3 is 10.5 Å². The fraction of sp³-hybridized carbons (Fsp3) is 0.333. The molecular weight excluding hydrogens is 236 g/mol. The van der Waals surface area contributed by atoms with Gasteiger partial charge in [0.25, 0.3) is 0 Å². The predicted octanol–water partition coefficient (Wildman–Crippen LogP) is 1.23. The van der Waals surface area contributed by atoms with Gasteiger partial charge in [-0.05, 0) is 19.1 Å². The molecule has 0 bridgehead atoms. The average Bonchev–Trinajstić information content (AvgIpc) is 2.09. The van der Waals surface area contributed by atoms with Crippen LogP contribution in [0, 0.1) is 6.92 Å². The summed E-state index contributed by atoms with van der Waals surface area (Å²) in [5, 5.41) is 0.570.